The second-order valence-corrected chi connectivity index (χ2v) is 5.38. The van der Waals surface area contributed by atoms with E-state index >= 15 is 0 Å². The van der Waals surface area contributed by atoms with E-state index in [4.69, 9.17) is 5.26 Å². The van der Waals surface area contributed by atoms with Gasteiger partial charge >= 0.3 is 6.18 Å². The molecule has 0 radical (unpaired) electrons. The lowest BCUT2D eigenvalue weighted by atomic mass is 10.2. The van der Waals surface area contributed by atoms with Crippen LogP contribution in [-0.2, 0) is 6.18 Å². The van der Waals surface area contributed by atoms with Gasteiger partial charge in [-0.15, -0.1) is 0 Å². The highest BCUT2D eigenvalue weighted by Crippen LogP contribution is 2.35. The summed E-state index contributed by atoms with van der Waals surface area (Å²) in [6.45, 7) is 0. The smallest absolute Gasteiger partial charge is 0.248 e. The van der Waals surface area contributed by atoms with Gasteiger partial charge in [-0.3, -0.25) is 0 Å². The zero-order chi connectivity index (χ0) is 14.8. The van der Waals surface area contributed by atoms with Gasteiger partial charge < -0.3 is 0 Å². The van der Waals surface area contributed by atoms with Crippen LogP contribution in [0.3, 0.4) is 0 Å². The van der Waals surface area contributed by atoms with Crippen molar-refractivity contribution in [3.05, 3.63) is 46.2 Å². The maximum absolute atomic E-state index is 12.6. The van der Waals surface area contributed by atoms with Crippen LogP contribution in [0.1, 0.15) is 11.3 Å². The first-order valence-electron chi connectivity index (χ1n) is 5.18. The molecule has 2 aromatic rings. The largest absolute Gasteiger partial charge is 0.433 e. The Hall–Kier alpha value is -1.59. The lowest BCUT2D eigenvalue weighted by molar-refractivity contribution is -0.141. The van der Waals surface area contributed by atoms with Gasteiger partial charge in [-0.2, -0.15) is 18.4 Å². The van der Waals surface area contributed by atoms with Gasteiger partial charge in [-0.05, 0) is 52.0 Å². The minimum Gasteiger partial charge on any atom is -0.248 e. The summed E-state index contributed by atoms with van der Waals surface area (Å²) in [5.41, 5.74) is -0.966. The van der Waals surface area contributed by atoms with E-state index in [-0.39, 0.29) is 10.6 Å². The van der Waals surface area contributed by atoms with Crippen molar-refractivity contribution in [1.29, 1.82) is 5.26 Å². The zero-order valence-electron chi connectivity index (χ0n) is 9.65. The summed E-state index contributed by atoms with van der Waals surface area (Å²) in [4.78, 5) is 7.53. The second kappa shape index (κ2) is 5.81. The molecule has 20 heavy (non-hydrogen) atoms. The monoisotopic (exact) mass is 359 g/mol. The molecule has 0 amide bonds. The van der Waals surface area contributed by atoms with Gasteiger partial charge in [-0.1, -0.05) is 0 Å². The fourth-order valence-corrected chi connectivity index (χ4v) is 2.63. The summed E-state index contributed by atoms with van der Waals surface area (Å²) in [6, 6.07) is 7.10. The van der Waals surface area contributed by atoms with Crippen LogP contribution < -0.4 is 0 Å². The molecule has 0 saturated heterocycles. The number of nitriles is 1. The van der Waals surface area contributed by atoms with E-state index in [1.807, 2.05) is 6.07 Å². The van der Waals surface area contributed by atoms with Crippen LogP contribution in [-0.4, -0.2) is 9.97 Å². The molecule has 0 aromatic carbocycles. The Morgan fingerprint density at radius 2 is 1.95 bits per heavy atom. The van der Waals surface area contributed by atoms with Crippen molar-refractivity contribution in [3.8, 4) is 6.07 Å². The Kier molecular flexibility index (Phi) is 4.30. The van der Waals surface area contributed by atoms with Crippen molar-refractivity contribution >= 4 is 27.7 Å². The van der Waals surface area contributed by atoms with Crippen LogP contribution in [0.4, 0.5) is 13.2 Å². The van der Waals surface area contributed by atoms with Crippen molar-refractivity contribution < 1.29 is 13.2 Å². The van der Waals surface area contributed by atoms with E-state index in [0.29, 0.717) is 9.50 Å². The molecule has 102 valence electrons. The minimum absolute atomic E-state index is 0.0262. The molecule has 0 N–H and O–H groups in total. The lowest BCUT2D eigenvalue weighted by Gasteiger charge is -2.09. The van der Waals surface area contributed by atoms with Crippen molar-refractivity contribution in [2.75, 3.05) is 0 Å². The van der Waals surface area contributed by atoms with Crippen LogP contribution in [0.2, 0.25) is 0 Å². The van der Waals surface area contributed by atoms with Crippen molar-refractivity contribution in [2.24, 2.45) is 0 Å². The van der Waals surface area contributed by atoms with Crippen molar-refractivity contribution in [3.63, 3.8) is 0 Å². The van der Waals surface area contributed by atoms with E-state index in [9.17, 15) is 13.2 Å². The summed E-state index contributed by atoms with van der Waals surface area (Å²) in [7, 11) is 0. The van der Waals surface area contributed by atoms with E-state index in [1.54, 1.807) is 12.1 Å². The fourth-order valence-electron chi connectivity index (χ4n) is 1.30. The van der Waals surface area contributed by atoms with Gasteiger partial charge in [0.25, 0.3) is 0 Å². The molecule has 0 aliphatic rings. The molecule has 0 spiro atoms. The third-order valence-electron chi connectivity index (χ3n) is 2.19. The molecule has 3 nitrogen and oxygen atoms in total. The number of alkyl halides is 3. The van der Waals surface area contributed by atoms with Gasteiger partial charge in [-0.25, -0.2) is 9.97 Å². The minimum atomic E-state index is -4.55. The molecule has 0 bridgehead atoms. The molecule has 0 unspecified atom stereocenters. The molecular formula is C12H5BrF3N3S. The van der Waals surface area contributed by atoms with Gasteiger partial charge in [0.1, 0.15) is 21.8 Å². The SMILES string of the molecule is N#Cc1ccc(C(F)(F)F)nc1Sc1ncccc1Br. The summed E-state index contributed by atoms with van der Waals surface area (Å²) >= 11 is 4.15. The molecule has 0 atom stereocenters. The Labute approximate surface area is 125 Å². The topological polar surface area (TPSA) is 49.6 Å². The van der Waals surface area contributed by atoms with Crippen LogP contribution >= 0.6 is 27.7 Å². The van der Waals surface area contributed by atoms with Crippen molar-refractivity contribution in [1.82, 2.24) is 9.97 Å². The predicted octanol–water partition coefficient (Wildman–Crippen LogP) is 4.28. The molecular weight excluding hydrogens is 355 g/mol. The highest BCUT2D eigenvalue weighted by atomic mass is 79.9. The number of rotatable bonds is 2. The summed E-state index contributed by atoms with van der Waals surface area (Å²) in [5, 5.41) is 9.36. The van der Waals surface area contributed by atoms with Gasteiger partial charge in [0.05, 0.1) is 10.0 Å². The maximum atomic E-state index is 12.6. The van der Waals surface area contributed by atoms with Crippen LogP contribution in [0.15, 0.2) is 45.0 Å². The Morgan fingerprint density at radius 3 is 2.55 bits per heavy atom. The number of hydrogen-bond acceptors (Lipinski definition) is 4. The van der Waals surface area contributed by atoms with E-state index in [1.165, 1.54) is 6.20 Å². The Balaban J connectivity index is 2.45. The first kappa shape index (κ1) is 14.8. The van der Waals surface area contributed by atoms with Crippen LogP contribution in [0.25, 0.3) is 0 Å². The molecule has 2 heterocycles. The average Bonchev–Trinajstić information content (AvgIpc) is 2.40. The number of nitrogens with zero attached hydrogens (tertiary/aromatic N) is 3. The van der Waals surface area contributed by atoms with Crippen molar-refractivity contribution in [2.45, 2.75) is 16.2 Å². The number of aromatic nitrogens is 2. The van der Waals surface area contributed by atoms with Gasteiger partial charge in [0.15, 0.2) is 0 Å². The number of hydrogen-bond donors (Lipinski definition) is 0. The fraction of sp³-hybridized carbons (Fsp3) is 0.0833. The van der Waals surface area contributed by atoms with Gasteiger partial charge in [0, 0.05) is 6.20 Å². The standard InChI is InChI=1S/C12H5BrF3N3S/c13-8-2-1-5-18-11(8)20-10-7(6-17)3-4-9(19-10)12(14,15)16/h1-5H. The van der Waals surface area contributed by atoms with E-state index in [2.05, 4.69) is 25.9 Å². The summed E-state index contributed by atoms with van der Waals surface area (Å²) in [5.74, 6) is 0. The van der Waals surface area contributed by atoms with E-state index in [0.717, 1.165) is 23.9 Å². The molecule has 0 aliphatic heterocycles. The van der Waals surface area contributed by atoms with Crippen LogP contribution in [0, 0.1) is 11.3 Å². The number of halogens is 4. The third-order valence-corrected chi connectivity index (χ3v) is 4.11. The molecule has 0 saturated carbocycles. The second-order valence-electron chi connectivity index (χ2n) is 3.55. The number of pyridine rings is 2. The third kappa shape index (κ3) is 3.29. The Bertz CT molecular complexity index is 682. The lowest BCUT2D eigenvalue weighted by Crippen LogP contribution is -2.08. The van der Waals surface area contributed by atoms with Crippen LogP contribution in [0.5, 0.6) is 0 Å². The zero-order valence-corrected chi connectivity index (χ0v) is 12.1. The predicted molar refractivity (Wildman–Crippen MR) is 70.0 cm³/mol. The van der Waals surface area contributed by atoms with Gasteiger partial charge in [0.2, 0.25) is 0 Å². The first-order valence-corrected chi connectivity index (χ1v) is 6.79. The maximum Gasteiger partial charge on any atom is 0.433 e. The highest BCUT2D eigenvalue weighted by molar-refractivity contribution is 9.10. The molecule has 0 aliphatic carbocycles. The molecule has 8 heteroatoms. The first-order chi connectivity index (χ1) is 9.41. The van der Waals surface area contributed by atoms with E-state index < -0.39 is 11.9 Å². The Morgan fingerprint density at radius 1 is 1.20 bits per heavy atom. The molecule has 2 aromatic heterocycles. The average molecular weight is 360 g/mol. The highest BCUT2D eigenvalue weighted by Gasteiger charge is 2.33. The quantitative estimate of drug-likeness (QED) is 0.802. The normalized spacial score (nSPS) is 11.2. The molecule has 2 rings (SSSR count). The molecule has 0 fully saturated rings. The summed E-state index contributed by atoms with van der Waals surface area (Å²) in [6.07, 6.45) is -3.04. The summed E-state index contributed by atoms with van der Waals surface area (Å²) < 4.78 is 38.5.